The number of nitrogens with one attached hydrogen (secondary N) is 2. The molecule has 1 fully saturated rings. The zero-order valence-electron chi connectivity index (χ0n) is 13.4. The molecule has 22 heavy (non-hydrogen) atoms. The highest BCUT2D eigenvalue weighted by Crippen LogP contribution is 2.28. The number of hydrogen-bond acceptors (Lipinski definition) is 4. The Bertz CT molecular complexity index is 531. The van der Waals surface area contributed by atoms with E-state index in [1.165, 1.54) is 6.42 Å². The molecule has 7 nitrogen and oxygen atoms in total. The Hall–Kier alpha value is -0.900. The molecule has 2 heterocycles. The molecule has 3 atom stereocenters. The second-order valence-electron chi connectivity index (χ2n) is 5.98. The van der Waals surface area contributed by atoms with Crippen molar-refractivity contribution in [2.45, 2.75) is 51.4 Å². The van der Waals surface area contributed by atoms with E-state index >= 15 is 0 Å². The van der Waals surface area contributed by atoms with Gasteiger partial charge in [0.1, 0.15) is 12.4 Å². The molecule has 1 aliphatic heterocycles. The Morgan fingerprint density at radius 2 is 2.23 bits per heavy atom. The van der Waals surface area contributed by atoms with E-state index in [2.05, 4.69) is 32.6 Å². The molecule has 0 aromatic carbocycles. The van der Waals surface area contributed by atoms with Crippen molar-refractivity contribution in [3.8, 4) is 0 Å². The van der Waals surface area contributed by atoms with Crippen molar-refractivity contribution >= 4 is 29.9 Å². The average Bonchev–Trinajstić information content (AvgIpc) is 3.00. The Kier molecular flexibility index (Phi) is 6.01. The number of methoxy groups -OCH3 is 1. The van der Waals surface area contributed by atoms with Crippen molar-refractivity contribution in [1.82, 2.24) is 25.4 Å². The van der Waals surface area contributed by atoms with Crippen LogP contribution in [0.4, 0.5) is 0 Å². The number of aromatic nitrogens is 3. The van der Waals surface area contributed by atoms with Crippen molar-refractivity contribution in [2.75, 3.05) is 14.2 Å². The summed E-state index contributed by atoms with van der Waals surface area (Å²) in [4.78, 5) is 8.81. The summed E-state index contributed by atoms with van der Waals surface area (Å²) in [5, 5.41) is 11.4. The van der Waals surface area contributed by atoms with Crippen LogP contribution in [0.3, 0.4) is 0 Å². The molecule has 3 rings (SSSR count). The number of rotatable bonds is 4. The van der Waals surface area contributed by atoms with Crippen LogP contribution in [-0.4, -0.2) is 47.0 Å². The van der Waals surface area contributed by atoms with Gasteiger partial charge in [0.05, 0.1) is 6.54 Å². The zero-order chi connectivity index (χ0) is 14.8. The monoisotopic (exact) mass is 420 g/mol. The molecular formula is C14H25IN6O. The number of aliphatic imine (C=N–C) groups is 1. The molecule has 8 heteroatoms. The summed E-state index contributed by atoms with van der Waals surface area (Å²) in [5.41, 5.74) is 0. The molecule has 2 N–H and O–H groups in total. The molecule has 0 spiro atoms. The summed E-state index contributed by atoms with van der Waals surface area (Å²) in [5.74, 6) is 3.48. The van der Waals surface area contributed by atoms with Crippen LogP contribution in [0.15, 0.2) is 4.99 Å². The Morgan fingerprint density at radius 1 is 1.45 bits per heavy atom. The lowest BCUT2D eigenvalue weighted by atomic mass is 10.1. The first kappa shape index (κ1) is 17.5. The van der Waals surface area contributed by atoms with Gasteiger partial charge in [-0.2, -0.15) is 5.10 Å². The van der Waals surface area contributed by atoms with E-state index in [-0.39, 0.29) is 24.0 Å². The second-order valence-corrected chi connectivity index (χ2v) is 5.98. The SMILES string of the molecule is CN=C(NC1CCc2nc(COC)nn2C1)NC1CC1C.I. The van der Waals surface area contributed by atoms with Crippen LogP contribution in [0.2, 0.25) is 0 Å². The lowest BCUT2D eigenvalue weighted by Crippen LogP contribution is -2.47. The summed E-state index contributed by atoms with van der Waals surface area (Å²) in [6.07, 6.45) is 3.22. The molecule has 3 unspecified atom stereocenters. The van der Waals surface area contributed by atoms with Gasteiger partial charge in [-0.1, -0.05) is 6.92 Å². The van der Waals surface area contributed by atoms with Gasteiger partial charge >= 0.3 is 0 Å². The van der Waals surface area contributed by atoms with Crippen molar-refractivity contribution in [1.29, 1.82) is 0 Å². The highest BCUT2D eigenvalue weighted by atomic mass is 127. The average molecular weight is 420 g/mol. The van der Waals surface area contributed by atoms with Gasteiger partial charge < -0.3 is 15.4 Å². The maximum atomic E-state index is 5.09. The van der Waals surface area contributed by atoms with Crippen LogP contribution in [0, 0.1) is 5.92 Å². The van der Waals surface area contributed by atoms with Crippen LogP contribution in [-0.2, 0) is 24.3 Å². The van der Waals surface area contributed by atoms with Crippen LogP contribution in [0.1, 0.15) is 31.4 Å². The molecule has 2 aliphatic rings. The van der Waals surface area contributed by atoms with Gasteiger partial charge in [-0.15, -0.1) is 24.0 Å². The largest absolute Gasteiger partial charge is 0.377 e. The Labute approximate surface area is 148 Å². The molecule has 1 saturated carbocycles. The van der Waals surface area contributed by atoms with E-state index in [0.29, 0.717) is 18.7 Å². The van der Waals surface area contributed by atoms with E-state index < -0.39 is 0 Å². The smallest absolute Gasteiger partial charge is 0.191 e. The molecule has 1 aromatic rings. The van der Waals surface area contributed by atoms with Crippen molar-refractivity contribution in [3.05, 3.63) is 11.6 Å². The quantitative estimate of drug-likeness (QED) is 0.431. The highest BCUT2D eigenvalue weighted by Gasteiger charge is 2.33. The van der Waals surface area contributed by atoms with Gasteiger partial charge in [0.25, 0.3) is 0 Å². The van der Waals surface area contributed by atoms with Gasteiger partial charge in [-0.3, -0.25) is 4.99 Å². The lowest BCUT2D eigenvalue weighted by molar-refractivity contribution is 0.177. The maximum absolute atomic E-state index is 5.09. The normalized spacial score (nSPS) is 26.9. The fourth-order valence-electron chi connectivity index (χ4n) is 2.73. The Balaban J connectivity index is 0.00000176. The minimum Gasteiger partial charge on any atom is -0.377 e. The van der Waals surface area contributed by atoms with Gasteiger partial charge in [0, 0.05) is 32.7 Å². The maximum Gasteiger partial charge on any atom is 0.191 e. The predicted molar refractivity (Wildman–Crippen MR) is 95.5 cm³/mol. The number of aryl methyl sites for hydroxylation is 1. The second kappa shape index (κ2) is 7.58. The first-order valence-electron chi connectivity index (χ1n) is 7.61. The molecule has 1 aromatic heterocycles. The molecule has 0 radical (unpaired) electrons. The number of nitrogens with zero attached hydrogens (tertiary/aromatic N) is 4. The molecule has 1 aliphatic carbocycles. The van der Waals surface area contributed by atoms with E-state index in [1.54, 1.807) is 7.11 Å². The topological polar surface area (TPSA) is 76.4 Å². The number of guanidine groups is 1. The minimum absolute atomic E-state index is 0. The number of halogens is 1. The third-order valence-electron chi connectivity index (χ3n) is 4.17. The number of fused-ring (bicyclic) bond motifs is 1. The predicted octanol–water partition coefficient (Wildman–Crippen LogP) is 0.931. The summed E-state index contributed by atoms with van der Waals surface area (Å²) in [7, 11) is 3.49. The molecule has 0 saturated heterocycles. The summed E-state index contributed by atoms with van der Waals surface area (Å²) in [6, 6.07) is 0.921. The first-order chi connectivity index (χ1) is 10.2. The zero-order valence-corrected chi connectivity index (χ0v) is 15.7. The van der Waals surface area contributed by atoms with Gasteiger partial charge in [-0.05, 0) is 18.8 Å². The van der Waals surface area contributed by atoms with Gasteiger partial charge in [-0.25, -0.2) is 9.67 Å². The standard InChI is InChI=1S/C14H24N6O.HI/c1-9-6-11(9)17-14(15-2)16-10-4-5-13-18-12(8-21-3)19-20(13)7-10;/h9-11H,4-8H2,1-3H3,(H2,15,16,17);1H. The highest BCUT2D eigenvalue weighted by molar-refractivity contribution is 14.0. The fourth-order valence-corrected chi connectivity index (χ4v) is 2.73. The number of ether oxygens (including phenoxy) is 1. The number of hydrogen-bond donors (Lipinski definition) is 2. The van der Waals surface area contributed by atoms with E-state index in [4.69, 9.17) is 4.74 Å². The van der Waals surface area contributed by atoms with Crippen molar-refractivity contribution in [3.63, 3.8) is 0 Å². The van der Waals surface area contributed by atoms with Crippen LogP contribution >= 0.6 is 24.0 Å². The third-order valence-corrected chi connectivity index (χ3v) is 4.17. The Morgan fingerprint density at radius 3 is 2.86 bits per heavy atom. The fraction of sp³-hybridized carbons (Fsp3) is 0.786. The van der Waals surface area contributed by atoms with Gasteiger partial charge in [0.15, 0.2) is 11.8 Å². The first-order valence-corrected chi connectivity index (χ1v) is 7.61. The van der Waals surface area contributed by atoms with Gasteiger partial charge in [0.2, 0.25) is 0 Å². The summed E-state index contributed by atoms with van der Waals surface area (Å²) >= 11 is 0. The third kappa shape index (κ3) is 4.09. The molecule has 0 bridgehead atoms. The van der Waals surface area contributed by atoms with Crippen molar-refractivity contribution in [2.24, 2.45) is 10.9 Å². The van der Waals surface area contributed by atoms with Crippen molar-refractivity contribution < 1.29 is 4.74 Å². The molecule has 124 valence electrons. The lowest BCUT2D eigenvalue weighted by Gasteiger charge is -2.25. The minimum atomic E-state index is 0. The summed E-state index contributed by atoms with van der Waals surface area (Å²) < 4.78 is 7.08. The molecule has 0 amide bonds. The molecular weight excluding hydrogens is 395 g/mol. The van der Waals surface area contributed by atoms with Crippen LogP contribution < -0.4 is 10.6 Å². The van der Waals surface area contributed by atoms with Crippen LogP contribution in [0.5, 0.6) is 0 Å². The van der Waals surface area contributed by atoms with Crippen LogP contribution in [0.25, 0.3) is 0 Å². The van der Waals surface area contributed by atoms with E-state index in [9.17, 15) is 0 Å². The summed E-state index contributed by atoms with van der Waals surface area (Å²) in [6.45, 7) is 3.55. The van der Waals surface area contributed by atoms with E-state index in [1.807, 2.05) is 11.7 Å². The van der Waals surface area contributed by atoms with E-state index in [0.717, 1.165) is 42.9 Å².